The Hall–Kier alpha value is -1.22. The Morgan fingerprint density at radius 1 is 1.20 bits per heavy atom. The van der Waals surface area contributed by atoms with E-state index in [1.807, 2.05) is 0 Å². The van der Waals surface area contributed by atoms with Crippen LogP contribution in [0.25, 0.3) is 0 Å². The number of nitrogens with one attached hydrogen (secondary N) is 1. The molecule has 20 heavy (non-hydrogen) atoms. The average molecular weight is 296 g/mol. The summed E-state index contributed by atoms with van der Waals surface area (Å²) in [5.74, 6) is 0.0909. The molecule has 1 fully saturated rings. The average Bonchev–Trinajstić information content (AvgIpc) is 2.37. The summed E-state index contributed by atoms with van der Waals surface area (Å²) in [4.78, 5) is 12.1. The highest BCUT2D eigenvalue weighted by atomic mass is 35.5. The van der Waals surface area contributed by atoms with Crippen molar-refractivity contribution in [2.24, 2.45) is 0 Å². The van der Waals surface area contributed by atoms with Gasteiger partial charge < -0.3 is 10.4 Å². The Kier molecular flexibility index (Phi) is 5.72. The Morgan fingerprint density at radius 2 is 1.85 bits per heavy atom. The topological polar surface area (TPSA) is 49.3 Å². The van der Waals surface area contributed by atoms with Crippen LogP contribution in [0.2, 0.25) is 5.02 Å². The smallest absolute Gasteiger partial charge is 0.224 e. The number of phenols is 1. The van der Waals surface area contributed by atoms with Gasteiger partial charge in [-0.25, -0.2) is 0 Å². The summed E-state index contributed by atoms with van der Waals surface area (Å²) in [7, 11) is 0. The van der Waals surface area contributed by atoms with Gasteiger partial charge in [0.05, 0.1) is 11.4 Å². The van der Waals surface area contributed by atoms with Gasteiger partial charge in [0.2, 0.25) is 5.91 Å². The number of benzene rings is 1. The second-order valence-corrected chi connectivity index (χ2v) is 5.98. The van der Waals surface area contributed by atoms with Crippen LogP contribution in [0.15, 0.2) is 18.2 Å². The van der Waals surface area contributed by atoms with Crippen LogP contribution in [-0.2, 0) is 11.2 Å². The number of rotatable bonds is 3. The van der Waals surface area contributed by atoms with E-state index in [0.717, 1.165) is 18.4 Å². The van der Waals surface area contributed by atoms with Gasteiger partial charge in [0.1, 0.15) is 5.75 Å². The van der Waals surface area contributed by atoms with Crippen molar-refractivity contribution >= 4 is 17.5 Å². The van der Waals surface area contributed by atoms with Gasteiger partial charge in [-0.3, -0.25) is 4.79 Å². The third-order valence-electron chi connectivity index (χ3n) is 3.85. The molecule has 110 valence electrons. The molecule has 0 bridgehead atoms. The van der Waals surface area contributed by atoms with Crippen molar-refractivity contribution in [2.45, 2.75) is 57.4 Å². The summed E-state index contributed by atoms with van der Waals surface area (Å²) < 4.78 is 0. The van der Waals surface area contributed by atoms with Gasteiger partial charge in [-0.2, -0.15) is 0 Å². The van der Waals surface area contributed by atoms with Gasteiger partial charge in [-0.15, -0.1) is 0 Å². The van der Waals surface area contributed by atoms with Crippen molar-refractivity contribution in [1.29, 1.82) is 0 Å². The number of carbonyl (C=O) groups is 1. The molecular formula is C16H22ClNO2. The molecule has 3 nitrogen and oxygen atoms in total. The number of aromatic hydroxyl groups is 1. The molecule has 0 unspecified atom stereocenters. The maximum atomic E-state index is 12.1. The van der Waals surface area contributed by atoms with Crippen LogP contribution in [0, 0.1) is 0 Å². The van der Waals surface area contributed by atoms with Crippen molar-refractivity contribution in [3.8, 4) is 5.75 Å². The first-order chi connectivity index (χ1) is 9.65. The molecule has 0 aliphatic heterocycles. The van der Waals surface area contributed by atoms with Gasteiger partial charge in [0, 0.05) is 6.04 Å². The van der Waals surface area contributed by atoms with E-state index in [4.69, 9.17) is 11.6 Å². The predicted molar refractivity (Wildman–Crippen MR) is 81.1 cm³/mol. The summed E-state index contributed by atoms with van der Waals surface area (Å²) in [6.07, 6.45) is 8.78. The normalized spacial score (nSPS) is 17.2. The Labute approximate surface area is 125 Å². The standard InChI is InChI=1S/C16H22ClNO2/c17-14-10-12(8-9-15(14)19)11-16(20)18-13-6-4-2-1-3-5-7-13/h8-10,13,19H,1-7,11H2,(H,18,20). The van der Waals surface area contributed by atoms with Crippen molar-refractivity contribution < 1.29 is 9.90 Å². The molecule has 1 aliphatic carbocycles. The van der Waals surface area contributed by atoms with Crippen molar-refractivity contribution in [3.63, 3.8) is 0 Å². The van der Waals surface area contributed by atoms with Crippen LogP contribution in [0.3, 0.4) is 0 Å². The molecule has 0 heterocycles. The van der Waals surface area contributed by atoms with Crippen molar-refractivity contribution in [3.05, 3.63) is 28.8 Å². The zero-order valence-corrected chi connectivity index (χ0v) is 12.5. The summed E-state index contributed by atoms with van der Waals surface area (Å²) in [6.45, 7) is 0. The van der Waals surface area contributed by atoms with Gasteiger partial charge >= 0.3 is 0 Å². The molecular weight excluding hydrogens is 274 g/mol. The SMILES string of the molecule is O=C(Cc1ccc(O)c(Cl)c1)NC1CCCCCCC1. The van der Waals surface area contributed by atoms with Crippen LogP contribution in [0.1, 0.15) is 50.5 Å². The Balaban J connectivity index is 1.85. The number of halogens is 1. The van der Waals surface area contributed by atoms with Crippen molar-refractivity contribution in [1.82, 2.24) is 5.32 Å². The number of hydrogen-bond acceptors (Lipinski definition) is 2. The predicted octanol–water partition coefficient (Wildman–Crippen LogP) is 3.82. The zero-order chi connectivity index (χ0) is 14.4. The quantitative estimate of drug-likeness (QED) is 0.890. The van der Waals surface area contributed by atoms with E-state index in [2.05, 4.69) is 5.32 Å². The molecule has 0 radical (unpaired) electrons. The lowest BCUT2D eigenvalue weighted by molar-refractivity contribution is -0.121. The minimum absolute atomic E-state index is 0.0392. The lowest BCUT2D eigenvalue weighted by Crippen LogP contribution is -2.36. The molecule has 4 heteroatoms. The van der Waals surface area contributed by atoms with E-state index < -0.39 is 0 Å². The van der Waals surface area contributed by atoms with Crippen LogP contribution in [0.4, 0.5) is 0 Å². The minimum atomic E-state index is 0.0392. The second-order valence-electron chi connectivity index (χ2n) is 5.57. The fourth-order valence-electron chi connectivity index (χ4n) is 2.72. The second kappa shape index (κ2) is 7.53. The van der Waals surface area contributed by atoms with E-state index in [-0.39, 0.29) is 11.7 Å². The maximum Gasteiger partial charge on any atom is 0.224 e. The molecule has 2 rings (SSSR count). The third-order valence-corrected chi connectivity index (χ3v) is 4.15. The summed E-state index contributed by atoms with van der Waals surface area (Å²) in [5.41, 5.74) is 0.830. The monoisotopic (exact) mass is 295 g/mol. The molecule has 1 amide bonds. The molecule has 1 aliphatic rings. The lowest BCUT2D eigenvalue weighted by Gasteiger charge is -2.21. The molecule has 1 saturated carbocycles. The Morgan fingerprint density at radius 3 is 2.50 bits per heavy atom. The fraction of sp³-hybridized carbons (Fsp3) is 0.562. The molecule has 0 spiro atoms. The first-order valence-electron chi connectivity index (χ1n) is 7.42. The number of phenolic OH excluding ortho intramolecular Hbond substituents is 1. The highest BCUT2D eigenvalue weighted by Crippen LogP contribution is 2.24. The van der Waals surface area contributed by atoms with Crippen LogP contribution in [-0.4, -0.2) is 17.1 Å². The highest BCUT2D eigenvalue weighted by molar-refractivity contribution is 6.32. The molecule has 2 N–H and O–H groups in total. The highest BCUT2D eigenvalue weighted by Gasteiger charge is 2.14. The lowest BCUT2D eigenvalue weighted by atomic mass is 9.96. The molecule has 0 atom stereocenters. The van der Waals surface area contributed by atoms with Gasteiger partial charge in [-0.1, -0.05) is 49.8 Å². The van der Waals surface area contributed by atoms with E-state index in [9.17, 15) is 9.90 Å². The third kappa shape index (κ3) is 4.71. The van der Waals surface area contributed by atoms with Gasteiger partial charge in [-0.05, 0) is 30.5 Å². The van der Waals surface area contributed by atoms with E-state index in [0.29, 0.717) is 17.5 Å². The van der Waals surface area contributed by atoms with Crippen LogP contribution < -0.4 is 5.32 Å². The summed E-state index contributed by atoms with van der Waals surface area (Å²) in [5, 5.41) is 12.8. The van der Waals surface area contributed by atoms with Gasteiger partial charge in [0.15, 0.2) is 0 Å². The van der Waals surface area contributed by atoms with E-state index >= 15 is 0 Å². The Bertz CT molecular complexity index is 454. The first-order valence-corrected chi connectivity index (χ1v) is 7.79. The largest absolute Gasteiger partial charge is 0.506 e. The van der Waals surface area contributed by atoms with E-state index in [1.165, 1.54) is 38.2 Å². The summed E-state index contributed by atoms with van der Waals surface area (Å²) >= 11 is 5.85. The van der Waals surface area contributed by atoms with Crippen LogP contribution >= 0.6 is 11.6 Å². The molecule has 0 aromatic heterocycles. The minimum Gasteiger partial charge on any atom is -0.506 e. The first kappa shape index (κ1) is 15.2. The number of hydrogen-bond donors (Lipinski definition) is 2. The molecule has 1 aromatic carbocycles. The maximum absolute atomic E-state index is 12.1. The van der Waals surface area contributed by atoms with E-state index in [1.54, 1.807) is 12.1 Å². The molecule has 1 aromatic rings. The van der Waals surface area contributed by atoms with Crippen LogP contribution in [0.5, 0.6) is 5.75 Å². The molecule has 0 saturated heterocycles. The number of amides is 1. The summed E-state index contributed by atoms with van der Waals surface area (Å²) in [6, 6.07) is 5.23. The fourth-order valence-corrected chi connectivity index (χ4v) is 2.93. The zero-order valence-electron chi connectivity index (χ0n) is 11.7. The van der Waals surface area contributed by atoms with Crippen molar-refractivity contribution in [2.75, 3.05) is 0 Å². The number of carbonyl (C=O) groups excluding carboxylic acids is 1. The van der Waals surface area contributed by atoms with Gasteiger partial charge in [0.25, 0.3) is 0 Å².